The average molecular weight is 370 g/mol. The van der Waals surface area contributed by atoms with Crippen molar-refractivity contribution >= 4 is 18.0 Å². The maximum atomic E-state index is 11.9. The summed E-state index contributed by atoms with van der Waals surface area (Å²) in [5.41, 5.74) is 0.729. The Labute approximate surface area is 158 Å². The fourth-order valence-electron chi connectivity index (χ4n) is 2.16. The van der Waals surface area contributed by atoms with Crippen molar-refractivity contribution in [1.82, 2.24) is 0 Å². The van der Waals surface area contributed by atoms with Gasteiger partial charge in [0.15, 0.2) is 18.1 Å². The Morgan fingerprint density at radius 1 is 0.926 bits per heavy atom. The second-order valence-electron chi connectivity index (χ2n) is 5.30. The molecule has 2 rings (SSSR count). The van der Waals surface area contributed by atoms with Gasteiger partial charge in [0.25, 0.3) is 0 Å². The highest BCUT2D eigenvalue weighted by Gasteiger charge is 2.09. The smallest absolute Gasteiger partial charge is 0.344 e. The van der Waals surface area contributed by atoms with E-state index in [1.165, 1.54) is 6.08 Å². The van der Waals surface area contributed by atoms with Crippen LogP contribution in [0, 0.1) is 0 Å². The quantitative estimate of drug-likeness (QED) is 0.381. The fourth-order valence-corrected chi connectivity index (χ4v) is 2.16. The first-order chi connectivity index (χ1) is 13.1. The first-order valence-corrected chi connectivity index (χ1v) is 8.62. The van der Waals surface area contributed by atoms with Gasteiger partial charge in [-0.25, -0.2) is 9.59 Å². The Bertz CT molecular complexity index is 783. The molecule has 0 fully saturated rings. The molecule has 0 N–H and O–H groups in total. The summed E-state index contributed by atoms with van der Waals surface area (Å²) in [6.07, 6.45) is 2.94. The molecular weight excluding hydrogens is 348 g/mol. The van der Waals surface area contributed by atoms with Crippen molar-refractivity contribution in [3.8, 4) is 17.2 Å². The molecule has 0 unspecified atom stereocenters. The molecule has 0 saturated carbocycles. The molecule has 0 amide bonds. The Kier molecular flexibility index (Phi) is 7.91. The lowest BCUT2D eigenvalue weighted by atomic mass is 10.2. The summed E-state index contributed by atoms with van der Waals surface area (Å²) in [7, 11) is 0. The highest BCUT2D eigenvalue weighted by molar-refractivity contribution is 5.88. The first kappa shape index (κ1) is 20.0. The summed E-state index contributed by atoms with van der Waals surface area (Å²) in [6, 6.07) is 14.0. The molecule has 0 heterocycles. The number of hydrogen-bond donors (Lipinski definition) is 0. The van der Waals surface area contributed by atoms with E-state index in [2.05, 4.69) is 0 Å². The van der Waals surface area contributed by atoms with Crippen LogP contribution in [-0.2, 0) is 14.3 Å². The van der Waals surface area contributed by atoms with Crippen molar-refractivity contribution in [2.75, 3.05) is 19.8 Å². The van der Waals surface area contributed by atoms with Gasteiger partial charge in [-0.05, 0) is 49.8 Å². The van der Waals surface area contributed by atoms with Gasteiger partial charge >= 0.3 is 11.9 Å². The van der Waals surface area contributed by atoms with Crippen LogP contribution >= 0.6 is 0 Å². The maximum Gasteiger partial charge on any atom is 0.344 e. The summed E-state index contributed by atoms with van der Waals surface area (Å²) >= 11 is 0. The summed E-state index contributed by atoms with van der Waals surface area (Å²) in [4.78, 5) is 23.3. The van der Waals surface area contributed by atoms with Gasteiger partial charge in [-0.1, -0.05) is 24.3 Å². The van der Waals surface area contributed by atoms with Gasteiger partial charge in [0.05, 0.1) is 13.2 Å². The topological polar surface area (TPSA) is 71.1 Å². The van der Waals surface area contributed by atoms with Crippen LogP contribution in [0.25, 0.3) is 6.08 Å². The molecule has 6 nitrogen and oxygen atoms in total. The summed E-state index contributed by atoms with van der Waals surface area (Å²) in [6.45, 7) is 4.09. The van der Waals surface area contributed by atoms with Crippen LogP contribution in [-0.4, -0.2) is 31.8 Å². The van der Waals surface area contributed by atoms with Crippen molar-refractivity contribution in [1.29, 1.82) is 0 Å². The molecule has 0 spiro atoms. The Morgan fingerprint density at radius 2 is 1.70 bits per heavy atom. The maximum absolute atomic E-state index is 11.9. The van der Waals surface area contributed by atoms with Crippen molar-refractivity contribution in [2.45, 2.75) is 13.8 Å². The van der Waals surface area contributed by atoms with Gasteiger partial charge in [-0.15, -0.1) is 0 Å². The third-order valence-electron chi connectivity index (χ3n) is 3.29. The molecule has 0 saturated heterocycles. The van der Waals surface area contributed by atoms with E-state index in [1.807, 2.05) is 13.0 Å². The van der Waals surface area contributed by atoms with Crippen LogP contribution in [0.4, 0.5) is 0 Å². The Morgan fingerprint density at radius 3 is 2.41 bits per heavy atom. The predicted octanol–water partition coefficient (Wildman–Crippen LogP) is 3.65. The summed E-state index contributed by atoms with van der Waals surface area (Å²) in [5, 5.41) is 0. The lowest BCUT2D eigenvalue weighted by Crippen LogP contribution is -2.15. The minimum absolute atomic E-state index is 0.202. The first-order valence-electron chi connectivity index (χ1n) is 8.62. The third kappa shape index (κ3) is 6.86. The van der Waals surface area contributed by atoms with Gasteiger partial charge in [0.2, 0.25) is 0 Å². The number of carbonyl (C=O) groups is 2. The fraction of sp³-hybridized carbons (Fsp3) is 0.238. The zero-order valence-corrected chi connectivity index (χ0v) is 15.3. The number of rotatable bonds is 9. The number of para-hydroxylation sites is 1. The molecule has 0 bridgehead atoms. The van der Waals surface area contributed by atoms with Crippen LogP contribution in [0.1, 0.15) is 19.4 Å². The van der Waals surface area contributed by atoms with Gasteiger partial charge in [0, 0.05) is 6.08 Å². The van der Waals surface area contributed by atoms with E-state index in [1.54, 1.807) is 55.5 Å². The van der Waals surface area contributed by atoms with Crippen LogP contribution in [0.15, 0.2) is 54.6 Å². The molecule has 27 heavy (non-hydrogen) atoms. The van der Waals surface area contributed by atoms with E-state index in [0.29, 0.717) is 30.5 Å². The van der Waals surface area contributed by atoms with Crippen LogP contribution in [0.5, 0.6) is 17.2 Å². The third-order valence-corrected chi connectivity index (χ3v) is 3.29. The van der Waals surface area contributed by atoms with Gasteiger partial charge in [-0.3, -0.25) is 0 Å². The highest BCUT2D eigenvalue weighted by Crippen LogP contribution is 2.29. The monoisotopic (exact) mass is 370 g/mol. The number of benzene rings is 2. The van der Waals surface area contributed by atoms with Crippen molar-refractivity contribution in [2.24, 2.45) is 0 Å². The van der Waals surface area contributed by atoms with Crippen LogP contribution in [0.3, 0.4) is 0 Å². The van der Waals surface area contributed by atoms with Crippen LogP contribution < -0.4 is 14.2 Å². The van der Waals surface area contributed by atoms with E-state index >= 15 is 0 Å². The normalized spacial score (nSPS) is 10.4. The zero-order chi connectivity index (χ0) is 19.5. The largest absolute Gasteiger partial charge is 0.490 e. The van der Waals surface area contributed by atoms with E-state index in [4.69, 9.17) is 18.9 Å². The van der Waals surface area contributed by atoms with Crippen LogP contribution in [0.2, 0.25) is 0 Å². The van der Waals surface area contributed by atoms with E-state index in [9.17, 15) is 9.59 Å². The Balaban J connectivity index is 2.03. The van der Waals surface area contributed by atoms with Crippen molar-refractivity contribution in [3.63, 3.8) is 0 Å². The van der Waals surface area contributed by atoms with Gasteiger partial charge in [0.1, 0.15) is 5.75 Å². The molecule has 2 aromatic carbocycles. The molecule has 0 aliphatic heterocycles. The highest BCUT2D eigenvalue weighted by atomic mass is 16.6. The SMILES string of the molecule is CCOC(=O)COc1ccc(C=CC(=O)Oc2ccccc2)cc1OCC. The number of hydrogen-bond acceptors (Lipinski definition) is 6. The minimum Gasteiger partial charge on any atom is -0.490 e. The molecule has 0 aliphatic rings. The van der Waals surface area contributed by atoms with E-state index in [-0.39, 0.29) is 6.61 Å². The molecule has 142 valence electrons. The number of esters is 2. The standard InChI is InChI=1S/C21H22O6/c1-3-24-19-14-16(10-12-18(19)26-15-21(23)25-4-2)11-13-20(22)27-17-8-6-5-7-9-17/h5-14H,3-4,15H2,1-2H3. The second-order valence-corrected chi connectivity index (χ2v) is 5.30. The lowest BCUT2D eigenvalue weighted by molar-refractivity contribution is -0.145. The summed E-state index contributed by atoms with van der Waals surface area (Å²) in [5.74, 6) is 0.438. The van der Waals surface area contributed by atoms with Gasteiger partial charge in [-0.2, -0.15) is 0 Å². The molecule has 2 aromatic rings. The second kappa shape index (κ2) is 10.7. The van der Waals surface area contributed by atoms with E-state index < -0.39 is 11.9 Å². The zero-order valence-electron chi connectivity index (χ0n) is 15.3. The number of carbonyl (C=O) groups excluding carboxylic acids is 2. The molecular formula is C21H22O6. The van der Waals surface area contributed by atoms with Crippen molar-refractivity contribution in [3.05, 3.63) is 60.2 Å². The molecule has 0 atom stereocenters. The number of ether oxygens (including phenoxy) is 4. The van der Waals surface area contributed by atoms with Gasteiger partial charge < -0.3 is 18.9 Å². The van der Waals surface area contributed by atoms with E-state index in [0.717, 1.165) is 5.56 Å². The Hall–Kier alpha value is -3.28. The predicted molar refractivity (Wildman–Crippen MR) is 101 cm³/mol. The lowest BCUT2D eigenvalue weighted by Gasteiger charge is -2.12. The minimum atomic E-state index is -0.484. The molecule has 0 aliphatic carbocycles. The van der Waals surface area contributed by atoms with Crippen molar-refractivity contribution < 1.29 is 28.5 Å². The molecule has 0 radical (unpaired) electrons. The molecule has 6 heteroatoms. The summed E-state index contributed by atoms with van der Waals surface area (Å²) < 4.78 is 21.0. The average Bonchev–Trinajstić information content (AvgIpc) is 2.67. The molecule has 0 aromatic heterocycles.